The van der Waals surface area contributed by atoms with Gasteiger partial charge < -0.3 is 8.94 Å². The van der Waals surface area contributed by atoms with Crippen LogP contribution in [0.25, 0.3) is 11.3 Å². The second-order valence-electron chi connectivity index (χ2n) is 6.91. The highest BCUT2D eigenvalue weighted by molar-refractivity contribution is 5.61. The van der Waals surface area contributed by atoms with E-state index in [9.17, 15) is 0 Å². The largest absolute Gasteiger partial charge is 0.464 e. The first-order chi connectivity index (χ1) is 12.2. The van der Waals surface area contributed by atoms with Crippen LogP contribution < -0.4 is 0 Å². The fraction of sp³-hybridized carbons (Fsp3) is 0.400. The van der Waals surface area contributed by atoms with Crippen molar-refractivity contribution in [2.45, 2.75) is 45.2 Å². The van der Waals surface area contributed by atoms with Gasteiger partial charge in [0.25, 0.3) is 0 Å². The summed E-state index contributed by atoms with van der Waals surface area (Å²) < 4.78 is 11.2. The van der Waals surface area contributed by atoms with Crippen LogP contribution in [0.15, 0.2) is 51.6 Å². The fourth-order valence-electron chi connectivity index (χ4n) is 3.46. The number of nitrogens with zero attached hydrogens (tertiary/aromatic N) is 3. The van der Waals surface area contributed by atoms with Crippen LogP contribution in [0.2, 0.25) is 0 Å². The fourth-order valence-corrected chi connectivity index (χ4v) is 3.46. The van der Waals surface area contributed by atoms with Crippen molar-refractivity contribution in [3.05, 3.63) is 59.9 Å². The van der Waals surface area contributed by atoms with E-state index in [0.717, 1.165) is 49.0 Å². The standard InChI is InChI=1S/C20H23N3O2/c1-14(2)19-21-20(25-22-19)17-9-5-11-23(17)13-15-7-3-4-8-16(15)18-10-6-12-24-18/h3-4,6-8,10,12,14,17H,5,9,11,13H2,1-2H3/t17-/m0/s1. The van der Waals surface area contributed by atoms with Gasteiger partial charge in [0, 0.05) is 18.0 Å². The average Bonchev–Trinajstić information content (AvgIpc) is 3.36. The molecular weight excluding hydrogens is 314 g/mol. The zero-order chi connectivity index (χ0) is 17.2. The summed E-state index contributed by atoms with van der Waals surface area (Å²) in [6.07, 6.45) is 3.92. The predicted molar refractivity (Wildman–Crippen MR) is 94.9 cm³/mol. The molecule has 0 unspecified atom stereocenters. The minimum atomic E-state index is 0.199. The van der Waals surface area contributed by atoms with Crippen molar-refractivity contribution >= 4 is 0 Å². The van der Waals surface area contributed by atoms with Crippen LogP contribution >= 0.6 is 0 Å². The van der Waals surface area contributed by atoms with Gasteiger partial charge in [0.2, 0.25) is 5.89 Å². The summed E-state index contributed by atoms with van der Waals surface area (Å²) in [5.41, 5.74) is 2.40. The molecule has 1 fully saturated rings. The number of furan rings is 1. The number of likely N-dealkylation sites (tertiary alicyclic amines) is 1. The molecule has 0 bridgehead atoms. The Kier molecular flexibility index (Phi) is 4.40. The minimum Gasteiger partial charge on any atom is -0.464 e. The molecule has 0 aliphatic carbocycles. The van der Waals surface area contributed by atoms with Gasteiger partial charge in [-0.15, -0.1) is 0 Å². The van der Waals surface area contributed by atoms with Crippen LogP contribution in [-0.2, 0) is 6.54 Å². The molecule has 1 aliphatic heterocycles. The Labute approximate surface area is 147 Å². The smallest absolute Gasteiger partial charge is 0.244 e. The molecule has 0 spiro atoms. The van der Waals surface area contributed by atoms with Crippen LogP contribution in [0, 0.1) is 0 Å². The third-order valence-electron chi connectivity index (χ3n) is 4.80. The number of benzene rings is 1. The lowest BCUT2D eigenvalue weighted by molar-refractivity contribution is 0.201. The normalized spacial score (nSPS) is 18.3. The second kappa shape index (κ2) is 6.84. The minimum absolute atomic E-state index is 0.199. The summed E-state index contributed by atoms with van der Waals surface area (Å²) >= 11 is 0. The maximum atomic E-state index is 5.61. The van der Waals surface area contributed by atoms with E-state index in [1.807, 2.05) is 12.1 Å². The third-order valence-corrected chi connectivity index (χ3v) is 4.80. The van der Waals surface area contributed by atoms with Crippen LogP contribution in [0.5, 0.6) is 0 Å². The van der Waals surface area contributed by atoms with Gasteiger partial charge in [0.05, 0.1) is 12.3 Å². The molecule has 2 aromatic heterocycles. The summed E-state index contributed by atoms with van der Waals surface area (Å²) in [7, 11) is 0. The molecule has 1 aromatic carbocycles. The maximum Gasteiger partial charge on any atom is 0.244 e. The quantitative estimate of drug-likeness (QED) is 0.670. The first-order valence-corrected chi connectivity index (χ1v) is 8.91. The molecule has 3 aromatic rings. The molecule has 130 valence electrons. The topological polar surface area (TPSA) is 55.3 Å². The van der Waals surface area contributed by atoms with Crippen molar-refractivity contribution in [1.29, 1.82) is 0 Å². The summed E-state index contributed by atoms with van der Waals surface area (Å²) in [6, 6.07) is 12.5. The Balaban J connectivity index is 1.58. The third kappa shape index (κ3) is 3.24. The molecule has 1 saturated heterocycles. The monoisotopic (exact) mass is 337 g/mol. The number of rotatable bonds is 5. The Morgan fingerprint density at radius 3 is 2.84 bits per heavy atom. The Morgan fingerprint density at radius 1 is 1.20 bits per heavy atom. The highest BCUT2D eigenvalue weighted by atomic mass is 16.5. The maximum absolute atomic E-state index is 5.61. The molecule has 5 nitrogen and oxygen atoms in total. The molecule has 0 saturated carbocycles. The van der Waals surface area contributed by atoms with E-state index in [1.54, 1.807) is 6.26 Å². The van der Waals surface area contributed by atoms with Crippen LogP contribution in [0.3, 0.4) is 0 Å². The summed E-state index contributed by atoms with van der Waals surface area (Å²) in [5, 5.41) is 4.13. The summed E-state index contributed by atoms with van der Waals surface area (Å²) in [6.45, 7) is 6.05. The molecule has 0 amide bonds. The zero-order valence-electron chi connectivity index (χ0n) is 14.7. The van der Waals surface area contributed by atoms with E-state index in [-0.39, 0.29) is 12.0 Å². The Morgan fingerprint density at radius 2 is 2.08 bits per heavy atom. The van der Waals surface area contributed by atoms with Crippen molar-refractivity contribution in [2.75, 3.05) is 6.54 Å². The predicted octanol–water partition coefficient (Wildman–Crippen LogP) is 4.79. The van der Waals surface area contributed by atoms with Crippen molar-refractivity contribution in [3.63, 3.8) is 0 Å². The van der Waals surface area contributed by atoms with Crippen molar-refractivity contribution in [1.82, 2.24) is 15.0 Å². The number of hydrogen-bond donors (Lipinski definition) is 0. The van der Waals surface area contributed by atoms with Gasteiger partial charge in [-0.05, 0) is 37.1 Å². The molecule has 1 aliphatic rings. The lowest BCUT2D eigenvalue weighted by atomic mass is 10.0. The van der Waals surface area contributed by atoms with Crippen LogP contribution in [0.1, 0.15) is 55.9 Å². The number of aromatic nitrogens is 2. The van der Waals surface area contributed by atoms with E-state index in [1.165, 1.54) is 5.56 Å². The molecule has 5 heteroatoms. The molecular formula is C20H23N3O2. The van der Waals surface area contributed by atoms with E-state index in [0.29, 0.717) is 0 Å². The molecule has 4 rings (SSSR count). The number of hydrogen-bond acceptors (Lipinski definition) is 5. The van der Waals surface area contributed by atoms with Crippen molar-refractivity contribution < 1.29 is 8.94 Å². The Bertz CT molecular complexity index is 823. The Hall–Kier alpha value is -2.40. The molecule has 0 N–H and O–H groups in total. The van der Waals surface area contributed by atoms with Crippen molar-refractivity contribution in [3.8, 4) is 11.3 Å². The molecule has 25 heavy (non-hydrogen) atoms. The first kappa shape index (κ1) is 16.1. The molecule has 1 atom stereocenters. The highest BCUT2D eigenvalue weighted by Crippen LogP contribution is 2.34. The van der Waals surface area contributed by atoms with Gasteiger partial charge in [-0.25, -0.2) is 0 Å². The zero-order valence-corrected chi connectivity index (χ0v) is 14.7. The summed E-state index contributed by atoms with van der Waals surface area (Å²) in [5.74, 6) is 2.73. The van der Waals surface area contributed by atoms with Gasteiger partial charge in [0.1, 0.15) is 5.76 Å². The van der Waals surface area contributed by atoms with E-state index in [4.69, 9.17) is 8.94 Å². The van der Waals surface area contributed by atoms with E-state index < -0.39 is 0 Å². The van der Waals surface area contributed by atoms with Gasteiger partial charge in [-0.2, -0.15) is 4.98 Å². The van der Waals surface area contributed by atoms with Gasteiger partial charge in [0.15, 0.2) is 5.82 Å². The van der Waals surface area contributed by atoms with Gasteiger partial charge in [-0.3, -0.25) is 4.90 Å². The first-order valence-electron chi connectivity index (χ1n) is 8.91. The van der Waals surface area contributed by atoms with E-state index >= 15 is 0 Å². The van der Waals surface area contributed by atoms with Crippen LogP contribution in [0.4, 0.5) is 0 Å². The lowest BCUT2D eigenvalue weighted by Crippen LogP contribution is -2.23. The van der Waals surface area contributed by atoms with E-state index in [2.05, 4.69) is 53.2 Å². The molecule has 3 heterocycles. The highest BCUT2D eigenvalue weighted by Gasteiger charge is 2.31. The summed E-state index contributed by atoms with van der Waals surface area (Å²) in [4.78, 5) is 7.05. The van der Waals surface area contributed by atoms with Gasteiger partial charge in [-0.1, -0.05) is 43.3 Å². The SMILES string of the molecule is CC(C)c1noc([C@@H]2CCCN2Cc2ccccc2-c2ccco2)n1. The van der Waals surface area contributed by atoms with Crippen LogP contribution in [-0.4, -0.2) is 21.6 Å². The second-order valence-corrected chi connectivity index (χ2v) is 6.91. The van der Waals surface area contributed by atoms with Gasteiger partial charge >= 0.3 is 0 Å². The van der Waals surface area contributed by atoms with Crippen molar-refractivity contribution in [2.24, 2.45) is 0 Å². The average molecular weight is 337 g/mol. The molecule has 0 radical (unpaired) electrons. The lowest BCUT2D eigenvalue weighted by Gasteiger charge is -2.22.